The fourth-order valence-corrected chi connectivity index (χ4v) is 1.65. The molecule has 0 saturated heterocycles. The average Bonchev–Trinajstić information content (AvgIpc) is 2.31. The second-order valence-electron chi connectivity index (χ2n) is 6.59. The van der Waals surface area contributed by atoms with Gasteiger partial charge in [-0.25, -0.2) is 0 Å². The zero-order valence-corrected chi connectivity index (χ0v) is 15.2. The predicted molar refractivity (Wildman–Crippen MR) is 91.3 cm³/mol. The van der Waals surface area contributed by atoms with Crippen LogP contribution < -0.4 is 0 Å². The highest BCUT2D eigenvalue weighted by molar-refractivity contribution is 5.36. The minimum atomic E-state index is 0.242. The maximum Gasteiger partial charge on any atom is -0.0132 e. The smallest absolute Gasteiger partial charge is 0.0132 e. The van der Waals surface area contributed by atoms with E-state index in [9.17, 15) is 0 Å². The van der Waals surface area contributed by atoms with Crippen molar-refractivity contribution in [2.24, 2.45) is 0 Å². The van der Waals surface area contributed by atoms with Crippen LogP contribution in [0.5, 0.6) is 0 Å². The first-order chi connectivity index (χ1) is 8.60. The van der Waals surface area contributed by atoms with Crippen LogP contribution in [0.2, 0.25) is 0 Å². The highest BCUT2D eigenvalue weighted by atomic mass is 14.2. The summed E-state index contributed by atoms with van der Waals surface area (Å²) in [5, 5.41) is 0. The fraction of sp³-hybridized carbons (Fsp3) is 0.684. The lowest BCUT2D eigenvalue weighted by Crippen LogP contribution is -2.16. The van der Waals surface area contributed by atoms with Gasteiger partial charge in [0.05, 0.1) is 0 Å². The van der Waals surface area contributed by atoms with Crippen LogP contribution in [0.3, 0.4) is 0 Å². The topological polar surface area (TPSA) is 0 Å². The predicted octanol–water partition coefficient (Wildman–Crippen LogP) is 6.64. The van der Waals surface area contributed by atoms with Crippen molar-refractivity contribution in [3.8, 4) is 0 Å². The van der Waals surface area contributed by atoms with Crippen molar-refractivity contribution in [2.45, 2.75) is 87.0 Å². The highest BCUT2D eigenvalue weighted by Crippen LogP contribution is 2.29. The largest absolute Gasteiger partial charge is 0.0683 e. The molecule has 0 atom stereocenters. The molecule has 19 heavy (non-hydrogen) atoms. The summed E-state index contributed by atoms with van der Waals surface area (Å²) in [6.07, 6.45) is 0. The summed E-state index contributed by atoms with van der Waals surface area (Å²) in [5.41, 5.74) is 4.73. The van der Waals surface area contributed by atoms with Crippen LogP contribution in [0.15, 0.2) is 18.2 Å². The molecule has 0 N–H and O–H groups in total. The van der Waals surface area contributed by atoms with Gasteiger partial charge in [0, 0.05) is 0 Å². The molecule has 1 aromatic rings. The van der Waals surface area contributed by atoms with Gasteiger partial charge in [0.25, 0.3) is 0 Å². The van der Waals surface area contributed by atoms with Crippen LogP contribution in [0, 0.1) is 6.92 Å². The first kappa shape index (κ1) is 20.5. The second-order valence-corrected chi connectivity index (χ2v) is 6.59. The quantitative estimate of drug-likeness (QED) is 0.492. The van der Waals surface area contributed by atoms with Crippen molar-refractivity contribution < 1.29 is 0 Å². The van der Waals surface area contributed by atoms with Crippen LogP contribution >= 0.6 is 0 Å². The molecule has 0 unspecified atom stereocenters. The molecule has 0 heterocycles. The van der Waals surface area contributed by atoms with Gasteiger partial charge in [-0.1, -0.05) is 93.0 Å². The maximum atomic E-state index is 2.35. The Morgan fingerprint density at radius 3 is 1.05 bits per heavy atom. The molecule has 0 amide bonds. The maximum absolute atomic E-state index is 2.35. The van der Waals surface area contributed by atoms with Crippen molar-refractivity contribution in [2.75, 3.05) is 0 Å². The summed E-state index contributed by atoms with van der Waals surface area (Å²) in [4.78, 5) is 0. The normalized spacial score (nSPS) is 10.9. The first-order valence-corrected chi connectivity index (χ1v) is 7.73. The van der Waals surface area contributed by atoms with E-state index in [-0.39, 0.29) is 10.8 Å². The number of hydrogen-bond donors (Lipinski definition) is 0. The highest BCUT2D eigenvalue weighted by Gasteiger charge is 2.19. The molecule has 1 rings (SSSR count). The number of rotatable bonds is 0. The number of aryl methyl sites for hydroxylation is 1. The molecule has 0 fully saturated rings. The van der Waals surface area contributed by atoms with Gasteiger partial charge in [0.15, 0.2) is 0 Å². The number of hydrogen-bond acceptors (Lipinski definition) is 0. The molecule has 0 aliphatic carbocycles. The number of benzene rings is 1. The van der Waals surface area contributed by atoms with E-state index in [1.54, 1.807) is 0 Å². The third-order valence-electron chi connectivity index (χ3n) is 2.81. The molecule has 0 heteroatoms. The molecule has 0 saturated carbocycles. The lowest BCUT2D eigenvalue weighted by atomic mass is 9.80. The Labute approximate surface area is 122 Å². The molecule has 0 radical (unpaired) electrons. The van der Waals surface area contributed by atoms with E-state index in [1.807, 2.05) is 27.7 Å². The van der Waals surface area contributed by atoms with E-state index >= 15 is 0 Å². The molecule has 0 nitrogen and oxygen atoms in total. The molecule has 0 aliphatic heterocycles. The lowest BCUT2D eigenvalue weighted by Gasteiger charge is -2.25. The van der Waals surface area contributed by atoms with Gasteiger partial charge in [-0.2, -0.15) is 0 Å². The Morgan fingerprint density at radius 1 is 0.579 bits per heavy atom. The molecule has 0 aromatic heterocycles. The van der Waals surface area contributed by atoms with Gasteiger partial charge in [0.2, 0.25) is 0 Å². The van der Waals surface area contributed by atoms with Crippen LogP contribution in [0.1, 0.15) is 85.9 Å². The van der Waals surface area contributed by atoms with Crippen molar-refractivity contribution in [1.29, 1.82) is 0 Å². The molecular weight excluding hydrogens is 228 g/mol. The van der Waals surface area contributed by atoms with Crippen LogP contribution in [0.25, 0.3) is 0 Å². The van der Waals surface area contributed by atoms with Crippen LogP contribution in [-0.4, -0.2) is 0 Å². The lowest BCUT2D eigenvalue weighted by molar-refractivity contribution is 0.567. The summed E-state index contributed by atoms with van der Waals surface area (Å²) in [6, 6.07) is 6.96. The van der Waals surface area contributed by atoms with E-state index < -0.39 is 0 Å². The zero-order valence-electron chi connectivity index (χ0n) is 15.2. The average molecular weight is 264 g/mol. The third-order valence-corrected chi connectivity index (χ3v) is 2.81. The summed E-state index contributed by atoms with van der Waals surface area (Å²) < 4.78 is 0. The standard InChI is InChI=1S/C15H24.2C2H6/c1-11-8-12(14(2,3)4)10-13(9-11)15(5,6)7;2*1-2/h8-10H,1-7H3;2*1-2H3. The van der Waals surface area contributed by atoms with E-state index in [0.29, 0.717) is 0 Å². The monoisotopic (exact) mass is 264 g/mol. The molecule has 0 spiro atoms. The summed E-state index contributed by atoms with van der Waals surface area (Å²) in [5.74, 6) is 0. The molecule has 112 valence electrons. The second kappa shape index (κ2) is 8.40. The molecular formula is C19H36. The van der Waals surface area contributed by atoms with Crippen molar-refractivity contribution in [3.63, 3.8) is 0 Å². The Kier molecular flexibility index (Phi) is 9.08. The van der Waals surface area contributed by atoms with Crippen molar-refractivity contribution in [1.82, 2.24) is 0 Å². The minimum absolute atomic E-state index is 0.242. The third kappa shape index (κ3) is 7.40. The van der Waals surface area contributed by atoms with E-state index in [4.69, 9.17) is 0 Å². The Morgan fingerprint density at radius 2 is 0.842 bits per heavy atom. The van der Waals surface area contributed by atoms with E-state index in [0.717, 1.165) is 0 Å². The Hall–Kier alpha value is -0.780. The van der Waals surface area contributed by atoms with Gasteiger partial charge in [-0.05, 0) is 28.9 Å². The van der Waals surface area contributed by atoms with Gasteiger partial charge in [-0.15, -0.1) is 0 Å². The van der Waals surface area contributed by atoms with Crippen LogP contribution in [0.4, 0.5) is 0 Å². The molecule has 0 bridgehead atoms. The van der Waals surface area contributed by atoms with E-state index in [2.05, 4.69) is 66.7 Å². The van der Waals surface area contributed by atoms with Gasteiger partial charge >= 0.3 is 0 Å². The fourth-order valence-electron chi connectivity index (χ4n) is 1.65. The Balaban J connectivity index is 0. The van der Waals surface area contributed by atoms with Crippen molar-refractivity contribution in [3.05, 3.63) is 34.9 Å². The van der Waals surface area contributed by atoms with E-state index in [1.165, 1.54) is 16.7 Å². The minimum Gasteiger partial charge on any atom is -0.0683 e. The van der Waals surface area contributed by atoms with Gasteiger partial charge in [0.1, 0.15) is 0 Å². The summed E-state index contributed by atoms with van der Waals surface area (Å²) >= 11 is 0. The SMILES string of the molecule is CC.CC.Cc1cc(C(C)(C)C)cc(C(C)(C)C)c1. The summed E-state index contributed by atoms with van der Waals surface area (Å²) in [7, 11) is 0. The Bertz CT molecular complexity index is 313. The first-order valence-electron chi connectivity index (χ1n) is 7.73. The van der Waals surface area contributed by atoms with Gasteiger partial charge < -0.3 is 0 Å². The molecule has 1 aromatic carbocycles. The van der Waals surface area contributed by atoms with Crippen LogP contribution in [-0.2, 0) is 10.8 Å². The summed E-state index contributed by atoms with van der Waals surface area (Å²) in [6.45, 7) is 23.8. The van der Waals surface area contributed by atoms with Gasteiger partial charge in [-0.3, -0.25) is 0 Å². The zero-order chi connectivity index (χ0) is 15.9. The molecule has 0 aliphatic rings. The van der Waals surface area contributed by atoms with Crippen molar-refractivity contribution >= 4 is 0 Å².